The van der Waals surface area contributed by atoms with Crippen LogP contribution in [0.4, 0.5) is 0 Å². The van der Waals surface area contributed by atoms with Crippen LogP contribution in [0.5, 0.6) is 0 Å². The lowest BCUT2D eigenvalue weighted by molar-refractivity contribution is -0.140. The molecule has 0 saturated carbocycles. The Labute approximate surface area is 125 Å². The zero-order chi connectivity index (χ0) is 14.5. The van der Waals surface area contributed by atoms with Gasteiger partial charge in [-0.25, -0.2) is 0 Å². The fourth-order valence-electron chi connectivity index (χ4n) is 1.78. The molecule has 0 aliphatic carbocycles. The summed E-state index contributed by atoms with van der Waals surface area (Å²) in [5.74, 6) is -0.486. The smallest absolute Gasteiger partial charge is 0.305 e. The molecule has 2 rings (SSSR count). The summed E-state index contributed by atoms with van der Waals surface area (Å²) < 4.78 is 5.51. The molecular weight excluding hydrogens is 298 g/mol. The van der Waals surface area contributed by atoms with E-state index in [1.807, 2.05) is 24.3 Å². The summed E-state index contributed by atoms with van der Waals surface area (Å²) in [5.41, 5.74) is 0. The molecule has 1 amide bonds. The summed E-state index contributed by atoms with van der Waals surface area (Å²) in [4.78, 5) is 23.5. The van der Waals surface area contributed by atoms with Gasteiger partial charge < -0.3 is 10.1 Å². The van der Waals surface area contributed by atoms with E-state index in [1.165, 1.54) is 18.4 Å². The maximum atomic E-state index is 12.0. The van der Waals surface area contributed by atoms with Crippen LogP contribution in [0.2, 0.25) is 5.02 Å². The number of rotatable bonds is 5. The fourth-order valence-corrected chi connectivity index (χ4v) is 3.21. The first kappa shape index (κ1) is 14.8. The molecule has 1 aromatic heterocycles. The van der Waals surface area contributed by atoms with Gasteiger partial charge in [-0.3, -0.25) is 9.59 Å². The Morgan fingerprint density at radius 1 is 1.35 bits per heavy atom. The number of carbonyl (C=O) groups excluding carboxylic acids is 2. The van der Waals surface area contributed by atoms with Crippen molar-refractivity contribution in [2.45, 2.75) is 12.8 Å². The van der Waals surface area contributed by atoms with Gasteiger partial charge in [0.1, 0.15) is 4.88 Å². The van der Waals surface area contributed by atoms with Gasteiger partial charge in [0.05, 0.1) is 12.1 Å². The van der Waals surface area contributed by atoms with Crippen LogP contribution in [0.1, 0.15) is 22.5 Å². The normalized spacial score (nSPS) is 10.5. The number of thiophene rings is 1. The highest BCUT2D eigenvalue weighted by molar-refractivity contribution is 7.21. The van der Waals surface area contributed by atoms with E-state index in [1.54, 1.807) is 0 Å². The summed E-state index contributed by atoms with van der Waals surface area (Å²) >= 11 is 7.58. The second-order valence-electron chi connectivity index (χ2n) is 4.18. The van der Waals surface area contributed by atoms with Gasteiger partial charge in [-0.05, 0) is 12.5 Å². The minimum absolute atomic E-state index is 0.207. The molecule has 106 valence electrons. The summed E-state index contributed by atoms with van der Waals surface area (Å²) in [6.07, 6.45) is 0.831. The SMILES string of the molecule is COC(=O)CCCNC(=O)c1sc2ccccc2c1Cl. The van der Waals surface area contributed by atoms with Crippen LogP contribution in [-0.4, -0.2) is 25.5 Å². The monoisotopic (exact) mass is 311 g/mol. The molecule has 1 aromatic carbocycles. The van der Waals surface area contributed by atoms with E-state index in [-0.39, 0.29) is 18.3 Å². The van der Waals surface area contributed by atoms with Gasteiger partial charge >= 0.3 is 5.97 Å². The molecule has 0 spiro atoms. The van der Waals surface area contributed by atoms with Crippen LogP contribution in [0.25, 0.3) is 10.1 Å². The second-order valence-corrected chi connectivity index (χ2v) is 5.61. The second kappa shape index (κ2) is 6.72. The molecule has 0 radical (unpaired) electrons. The van der Waals surface area contributed by atoms with E-state index in [4.69, 9.17) is 11.6 Å². The summed E-state index contributed by atoms with van der Waals surface area (Å²) in [6.45, 7) is 0.415. The third kappa shape index (κ3) is 3.29. The topological polar surface area (TPSA) is 55.4 Å². The molecule has 2 aromatic rings. The van der Waals surface area contributed by atoms with Gasteiger partial charge in [0, 0.05) is 23.1 Å². The lowest BCUT2D eigenvalue weighted by atomic mass is 10.2. The van der Waals surface area contributed by atoms with Gasteiger partial charge in [0.2, 0.25) is 0 Å². The number of fused-ring (bicyclic) bond motifs is 1. The zero-order valence-corrected chi connectivity index (χ0v) is 12.5. The Morgan fingerprint density at radius 2 is 2.10 bits per heavy atom. The maximum Gasteiger partial charge on any atom is 0.305 e. The number of halogens is 1. The van der Waals surface area contributed by atoms with Crippen LogP contribution in [-0.2, 0) is 9.53 Å². The predicted molar refractivity (Wildman–Crippen MR) is 80.4 cm³/mol. The maximum absolute atomic E-state index is 12.0. The molecule has 0 fully saturated rings. The molecule has 1 heterocycles. The Hall–Kier alpha value is -1.59. The first-order valence-corrected chi connectivity index (χ1v) is 7.35. The molecular formula is C14H14ClNO3S. The first-order valence-electron chi connectivity index (χ1n) is 6.15. The van der Waals surface area contributed by atoms with Crippen molar-refractivity contribution >= 4 is 44.9 Å². The van der Waals surface area contributed by atoms with E-state index < -0.39 is 0 Å². The van der Waals surface area contributed by atoms with Crippen molar-refractivity contribution in [2.24, 2.45) is 0 Å². The van der Waals surface area contributed by atoms with Crippen molar-refractivity contribution < 1.29 is 14.3 Å². The van der Waals surface area contributed by atoms with Gasteiger partial charge in [0.25, 0.3) is 5.91 Å². The highest BCUT2D eigenvalue weighted by atomic mass is 35.5. The molecule has 0 aliphatic heterocycles. The van der Waals surface area contributed by atoms with Gasteiger partial charge in [-0.2, -0.15) is 0 Å². The summed E-state index contributed by atoms with van der Waals surface area (Å²) in [5, 5.41) is 4.13. The highest BCUT2D eigenvalue weighted by Crippen LogP contribution is 2.34. The molecule has 0 saturated heterocycles. The summed E-state index contributed by atoms with van der Waals surface area (Å²) in [7, 11) is 1.35. The van der Waals surface area contributed by atoms with E-state index >= 15 is 0 Å². The zero-order valence-electron chi connectivity index (χ0n) is 10.9. The van der Waals surface area contributed by atoms with Crippen LogP contribution in [0.3, 0.4) is 0 Å². The number of benzene rings is 1. The Morgan fingerprint density at radius 3 is 2.80 bits per heavy atom. The molecule has 0 aliphatic rings. The van der Waals surface area contributed by atoms with Crippen molar-refractivity contribution in [1.29, 1.82) is 0 Å². The van der Waals surface area contributed by atoms with Crippen molar-refractivity contribution in [3.8, 4) is 0 Å². The van der Waals surface area contributed by atoms with Crippen LogP contribution < -0.4 is 5.32 Å². The Bertz CT molecular complexity index is 638. The van der Waals surface area contributed by atoms with Crippen molar-refractivity contribution in [2.75, 3.05) is 13.7 Å². The average Bonchev–Trinajstić information content (AvgIpc) is 2.81. The van der Waals surface area contributed by atoms with Gasteiger partial charge in [-0.15, -0.1) is 11.3 Å². The third-order valence-electron chi connectivity index (χ3n) is 2.81. The lowest BCUT2D eigenvalue weighted by Crippen LogP contribution is -2.24. The number of ether oxygens (including phenoxy) is 1. The molecule has 20 heavy (non-hydrogen) atoms. The minimum atomic E-state index is -0.279. The number of methoxy groups -OCH3 is 1. The number of amides is 1. The number of carbonyl (C=O) groups is 2. The molecule has 1 N–H and O–H groups in total. The number of hydrogen-bond donors (Lipinski definition) is 1. The fraction of sp³-hybridized carbons (Fsp3) is 0.286. The Balaban J connectivity index is 1.98. The molecule has 6 heteroatoms. The quantitative estimate of drug-likeness (QED) is 0.681. The van der Waals surface area contributed by atoms with E-state index in [2.05, 4.69) is 10.1 Å². The Kier molecular flexibility index (Phi) is 4.98. The number of hydrogen-bond acceptors (Lipinski definition) is 4. The predicted octanol–water partition coefficient (Wildman–Crippen LogP) is 3.24. The van der Waals surface area contributed by atoms with Gasteiger partial charge in [-0.1, -0.05) is 29.8 Å². The molecule has 4 nitrogen and oxygen atoms in total. The number of nitrogens with one attached hydrogen (secondary N) is 1. The third-order valence-corrected chi connectivity index (χ3v) is 4.49. The van der Waals surface area contributed by atoms with E-state index in [0.29, 0.717) is 22.9 Å². The largest absolute Gasteiger partial charge is 0.469 e. The average molecular weight is 312 g/mol. The minimum Gasteiger partial charge on any atom is -0.469 e. The molecule has 0 unspecified atom stereocenters. The summed E-state index contributed by atoms with van der Waals surface area (Å²) in [6, 6.07) is 7.62. The lowest BCUT2D eigenvalue weighted by Gasteiger charge is -2.03. The van der Waals surface area contributed by atoms with E-state index in [9.17, 15) is 9.59 Å². The van der Waals surface area contributed by atoms with E-state index in [0.717, 1.165) is 10.1 Å². The van der Waals surface area contributed by atoms with Crippen LogP contribution in [0.15, 0.2) is 24.3 Å². The van der Waals surface area contributed by atoms with Crippen molar-refractivity contribution in [3.05, 3.63) is 34.2 Å². The molecule has 0 atom stereocenters. The first-order chi connectivity index (χ1) is 9.63. The van der Waals surface area contributed by atoms with Crippen LogP contribution >= 0.6 is 22.9 Å². The van der Waals surface area contributed by atoms with Crippen LogP contribution in [0, 0.1) is 0 Å². The van der Waals surface area contributed by atoms with Crippen molar-refractivity contribution in [3.63, 3.8) is 0 Å². The van der Waals surface area contributed by atoms with Gasteiger partial charge in [0.15, 0.2) is 0 Å². The standard InChI is InChI=1S/C14H14ClNO3S/c1-19-11(17)7-4-8-16-14(18)13-12(15)9-5-2-3-6-10(9)20-13/h2-3,5-6H,4,7-8H2,1H3,(H,16,18). The highest BCUT2D eigenvalue weighted by Gasteiger charge is 2.16. The molecule has 0 bridgehead atoms. The number of esters is 1. The van der Waals surface area contributed by atoms with Crippen molar-refractivity contribution in [1.82, 2.24) is 5.32 Å².